The zero-order valence-corrected chi connectivity index (χ0v) is 42.2. The lowest BCUT2D eigenvalue weighted by Crippen LogP contribution is -2.74. The van der Waals surface area contributed by atoms with E-state index in [0.717, 1.165) is 11.3 Å². The first-order valence-electron chi connectivity index (χ1n) is 25.0. The van der Waals surface area contributed by atoms with Gasteiger partial charge in [0.2, 0.25) is 0 Å². The molecule has 4 heteroatoms. The second-order valence-electron chi connectivity index (χ2n) is 19.2. The van der Waals surface area contributed by atoms with E-state index in [1.54, 1.807) is 0 Å². The number of benzene rings is 10. The number of hydrogen-bond donors (Lipinski definition) is 0. The first-order valence-corrected chi connectivity index (χ1v) is 28.6. The van der Waals surface area contributed by atoms with Crippen LogP contribution < -0.4 is 20.1 Å². The van der Waals surface area contributed by atoms with E-state index in [1.807, 2.05) is 28.9 Å². The van der Waals surface area contributed by atoms with Gasteiger partial charge in [0, 0.05) is 52.4 Å². The molecular formula is C69H43NS2Si. The quantitative estimate of drug-likeness (QED) is 0.124. The molecule has 3 heterocycles. The first kappa shape index (κ1) is 42.2. The van der Waals surface area contributed by atoms with Gasteiger partial charge < -0.3 is 0 Å². The van der Waals surface area contributed by atoms with Gasteiger partial charge in [-0.05, 0) is 118 Å². The fraction of sp³-hybridized carbons (Fsp3) is 0. The molecule has 0 amide bonds. The normalized spacial score (nSPS) is 12.1. The summed E-state index contributed by atoms with van der Waals surface area (Å²) in [4.78, 5) is 6.42. The molecule has 0 aliphatic heterocycles. The van der Waals surface area contributed by atoms with Crippen molar-refractivity contribution >= 4 is 71.0 Å². The summed E-state index contributed by atoms with van der Waals surface area (Å²) in [5.41, 5.74) is 20.7. The van der Waals surface area contributed by atoms with E-state index in [2.05, 4.69) is 255 Å². The van der Waals surface area contributed by atoms with Crippen LogP contribution in [-0.4, -0.2) is 13.1 Å². The summed E-state index contributed by atoms with van der Waals surface area (Å²) in [6.07, 6.45) is 1.95. The van der Waals surface area contributed by atoms with E-state index in [1.165, 1.54) is 129 Å². The molecule has 15 rings (SSSR count). The van der Waals surface area contributed by atoms with Crippen molar-refractivity contribution in [3.05, 3.63) is 261 Å². The maximum Gasteiger partial charge on any atom is 0.191 e. The fourth-order valence-corrected chi connectivity index (χ4v) is 20.7. The van der Waals surface area contributed by atoms with Crippen molar-refractivity contribution in [2.75, 3.05) is 0 Å². The van der Waals surface area contributed by atoms with Gasteiger partial charge in [-0.15, -0.1) is 22.7 Å². The first-order chi connectivity index (χ1) is 36.2. The minimum atomic E-state index is -3.14. The van der Waals surface area contributed by atoms with Crippen LogP contribution in [0.3, 0.4) is 0 Å². The average Bonchev–Trinajstić information content (AvgIpc) is 4.10. The third kappa shape index (κ3) is 6.41. The molecule has 0 bridgehead atoms. The molecule has 0 spiro atoms. The van der Waals surface area contributed by atoms with Crippen molar-refractivity contribution in [3.8, 4) is 99.6 Å². The Balaban J connectivity index is 1.02. The highest BCUT2D eigenvalue weighted by molar-refractivity contribution is 7.38. The highest BCUT2D eigenvalue weighted by Gasteiger charge is 2.45. The predicted octanol–water partition coefficient (Wildman–Crippen LogP) is 16.5. The topological polar surface area (TPSA) is 12.9 Å². The van der Waals surface area contributed by atoms with Crippen LogP contribution in [0.25, 0.3) is 120 Å². The summed E-state index contributed by atoms with van der Waals surface area (Å²) >= 11 is 3.86. The van der Waals surface area contributed by atoms with Crippen molar-refractivity contribution in [3.63, 3.8) is 0 Å². The number of rotatable bonds is 5. The van der Waals surface area contributed by atoms with Crippen LogP contribution in [0.4, 0.5) is 0 Å². The maximum atomic E-state index is 5.16. The third-order valence-corrected chi connectivity index (χ3v) is 23.3. The molecule has 2 aliphatic rings. The molecule has 0 fully saturated rings. The van der Waals surface area contributed by atoms with Gasteiger partial charge in [0.15, 0.2) is 8.07 Å². The predicted molar refractivity (Wildman–Crippen MR) is 315 cm³/mol. The molecule has 0 saturated carbocycles. The van der Waals surface area contributed by atoms with Crippen molar-refractivity contribution in [2.24, 2.45) is 0 Å². The molecule has 0 radical (unpaired) electrons. The zero-order valence-electron chi connectivity index (χ0n) is 39.6. The number of aromatic nitrogens is 1. The van der Waals surface area contributed by atoms with Crippen LogP contribution in [0.2, 0.25) is 0 Å². The highest BCUT2D eigenvalue weighted by atomic mass is 32.1. The number of nitrogens with zero attached hydrogens (tertiary/aromatic N) is 1. The smallest absolute Gasteiger partial charge is 0.191 e. The molecule has 2 aliphatic carbocycles. The summed E-state index contributed by atoms with van der Waals surface area (Å²) in [6.45, 7) is 0. The minimum Gasteiger partial charge on any atom is -0.256 e. The van der Waals surface area contributed by atoms with Gasteiger partial charge >= 0.3 is 0 Å². The highest BCUT2D eigenvalue weighted by Crippen LogP contribution is 2.51. The number of thiophene rings is 2. The van der Waals surface area contributed by atoms with Crippen LogP contribution in [0, 0.1) is 0 Å². The monoisotopic (exact) mass is 977 g/mol. The lowest BCUT2D eigenvalue weighted by molar-refractivity contribution is 1.33. The molecule has 13 aromatic rings. The van der Waals surface area contributed by atoms with Gasteiger partial charge in [0.1, 0.15) is 0 Å². The van der Waals surface area contributed by atoms with E-state index in [9.17, 15) is 0 Å². The van der Waals surface area contributed by atoms with Gasteiger partial charge in [-0.3, -0.25) is 4.98 Å². The number of hydrogen-bond acceptors (Lipinski definition) is 3. The van der Waals surface area contributed by atoms with E-state index < -0.39 is 8.07 Å². The Hall–Kier alpha value is -8.51. The number of fused-ring (bicyclic) bond motifs is 19. The Labute approximate surface area is 433 Å². The minimum absolute atomic E-state index is 1.02. The Kier molecular flexibility index (Phi) is 9.71. The summed E-state index contributed by atoms with van der Waals surface area (Å²) in [5.74, 6) is 0. The second kappa shape index (κ2) is 16.8. The molecule has 0 unspecified atom stereocenters. The largest absolute Gasteiger partial charge is 0.256 e. The van der Waals surface area contributed by atoms with Crippen molar-refractivity contribution < 1.29 is 0 Å². The molecule has 73 heavy (non-hydrogen) atoms. The van der Waals surface area contributed by atoms with Gasteiger partial charge in [-0.1, -0.05) is 224 Å². The lowest BCUT2D eigenvalue weighted by atomic mass is 9.80. The molecule has 10 aromatic carbocycles. The van der Waals surface area contributed by atoms with Gasteiger partial charge in [0.05, 0.1) is 5.69 Å². The van der Waals surface area contributed by atoms with Crippen LogP contribution in [0.5, 0.6) is 0 Å². The van der Waals surface area contributed by atoms with Crippen molar-refractivity contribution in [1.29, 1.82) is 0 Å². The second-order valence-corrected chi connectivity index (χ2v) is 25.5. The molecule has 1 nitrogen and oxygen atoms in total. The molecule has 0 N–H and O–H groups in total. The Bertz CT molecular complexity index is 4210. The Morgan fingerprint density at radius 3 is 1.42 bits per heavy atom. The molecule has 0 atom stereocenters. The summed E-state index contributed by atoms with van der Waals surface area (Å²) < 4.78 is 4.03. The average molecular weight is 978 g/mol. The lowest BCUT2D eigenvalue weighted by Gasteiger charge is -2.34. The van der Waals surface area contributed by atoms with Gasteiger partial charge in [-0.2, -0.15) is 0 Å². The summed E-state index contributed by atoms with van der Waals surface area (Å²) in [5, 5.41) is 6.68. The maximum absolute atomic E-state index is 5.16. The van der Waals surface area contributed by atoms with Crippen molar-refractivity contribution in [2.45, 2.75) is 0 Å². The van der Waals surface area contributed by atoms with Crippen LogP contribution in [-0.2, 0) is 0 Å². The van der Waals surface area contributed by atoms with Crippen LogP contribution in [0.15, 0.2) is 261 Å². The van der Waals surface area contributed by atoms with E-state index in [-0.39, 0.29) is 0 Å². The SMILES string of the molecule is c1ccc([Si](c2ccccc2)(c2ccc3c(c2)-c2ccccc2-c2ccccc2-c2cc(-c4cccc5c4sc4ccccc45)ccc2-3)c2cc3c(s2)-c2cccnc2-c2ccccc2-c2ccccc2-3)cc1. The standard InChI is InChI=1S/C69H43NS2Si/c1-3-19-45(20-4-1)73(46-21-5-2-6-22-46,66-43-64-55-29-12-9-25-51(55)52-26-13-14-31-59(52)67-61(69(64)72-66)34-18-40-70-67)47-37-39-57-56-38-36-44(48-32-17-33-60-58-30-15-16-35-65(58)71-68(48)60)41-62(56)53-27-10-7-23-49(53)50-24-8-11-28-54(50)63(57)42-47/h1-43H. The van der Waals surface area contributed by atoms with Gasteiger partial charge in [0.25, 0.3) is 0 Å². The molecular weight excluding hydrogens is 935 g/mol. The summed E-state index contributed by atoms with van der Waals surface area (Å²) in [7, 11) is -3.14. The number of pyridine rings is 1. The Morgan fingerprint density at radius 1 is 0.288 bits per heavy atom. The van der Waals surface area contributed by atoms with Gasteiger partial charge in [-0.25, -0.2) is 0 Å². The molecule has 0 saturated heterocycles. The summed E-state index contributed by atoms with van der Waals surface area (Å²) in [6, 6.07) is 96.2. The van der Waals surface area contributed by atoms with E-state index >= 15 is 0 Å². The van der Waals surface area contributed by atoms with E-state index in [4.69, 9.17) is 4.98 Å². The third-order valence-electron chi connectivity index (χ3n) is 15.5. The van der Waals surface area contributed by atoms with Crippen molar-refractivity contribution in [1.82, 2.24) is 4.98 Å². The van der Waals surface area contributed by atoms with Crippen LogP contribution in [0.1, 0.15) is 0 Å². The van der Waals surface area contributed by atoms with Crippen LogP contribution >= 0.6 is 22.7 Å². The zero-order chi connectivity index (χ0) is 48.0. The molecule has 340 valence electrons. The van der Waals surface area contributed by atoms with E-state index in [0.29, 0.717) is 0 Å². The Morgan fingerprint density at radius 2 is 0.767 bits per heavy atom. The fourth-order valence-electron chi connectivity index (χ4n) is 12.2. The molecule has 3 aromatic heterocycles.